The zero-order valence-corrected chi connectivity index (χ0v) is 36.9. The average molecular weight is 851 g/mol. The summed E-state index contributed by atoms with van der Waals surface area (Å²) in [5.41, 5.74) is 2.12. The van der Waals surface area contributed by atoms with Crippen molar-refractivity contribution in [2.45, 2.75) is 174 Å². The first-order valence-electron chi connectivity index (χ1n) is 21.4. The largest absolute Gasteiger partial charge is 0.456 e. The number of carbonyl (C=O) groups is 3. The molecule has 0 radical (unpaired) electrons. The third-order valence-electron chi connectivity index (χ3n) is 13.1. The molecule has 3 heterocycles. The summed E-state index contributed by atoms with van der Waals surface area (Å²) in [5.74, 6) is -7.06. The predicted octanol–water partition coefficient (Wildman–Crippen LogP) is 5.29. The Kier molecular flexibility index (Phi) is 21.5. The molecule has 0 unspecified atom stereocenters. The van der Waals surface area contributed by atoms with E-state index < -0.39 is 77.9 Å². The summed E-state index contributed by atoms with van der Waals surface area (Å²) in [5, 5.41) is 43.6. The first-order chi connectivity index (χ1) is 27.5. The van der Waals surface area contributed by atoms with Gasteiger partial charge in [-0.25, -0.2) is 4.79 Å². The highest BCUT2D eigenvalue weighted by Crippen LogP contribution is 2.39. The molecule has 2 bridgehead atoms. The molecule has 14 atom stereocenters. The van der Waals surface area contributed by atoms with E-state index in [4.69, 9.17) is 23.7 Å². The van der Waals surface area contributed by atoms with E-state index in [2.05, 4.69) is 13.0 Å². The quantitative estimate of drug-likeness (QED) is 0.147. The van der Waals surface area contributed by atoms with Crippen LogP contribution in [0.15, 0.2) is 35.5 Å². The van der Waals surface area contributed by atoms with Crippen LogP contribution in [-0.4, -0.2) is 131 Å². The van der Waals surface area contributed by atoms with E-state index in [0.717, 1.165) is 5.57 Å². The zero-order valence-electron chi connectivity index (χ0n) is 36.9. The van der Waals surface area contributed by atoms with Crippen molar-refractivity contribution < 1.29 is 58.9 Å². The van der Waals surface area contributed by atoms with E-state index >= 15 is 0 Å². The highest BCUT2D eigenvalue weighted by atomic mass is 16.7. The van der Waals surface area contributed by atoms with E-state index in [1.807, 2.05) is 39.0 Å². The number of Topliss-reactive ketones (excluding diaryl/α,β-unsaturated/α-hetero) is 1. The number of aliphatic hydroxyl groups excluding tert-OH is 2. The fourth-order valence-corrected chi connectivity index (χ4v) is 9.57. The van der Waals surface area contributed by atoms with Crippen LogP contribution in [0.4, 0.5) is 0 Å². The van der Waals surface area contributed by atoms with E-state index in [-0.39, 0.29) is 62.6 Å². The number of esters is 1. The Labute approximate surface area is 358 Å². The van der Waals surface area contributed by atoms with Gasteiger partial charge < -0.3 is 54.8 Å². The van der Waals surface area contributed by atoms with Gasteiger partial charge in [0.05, 0.1) is 30.5 Å². The summed E-state index contributed by atoms with van der Waals surface area (Å²) in [6.07, 6.45) is 8.41. The van der Waals surface area contributed by atoms with Crippen LogP contribution in [-0.2, 0) is 38.1 Å². The molecule has 4 aliphatic rings. The number of carbonyl (C=O) groups excluding carboxylic acids is 3. The van der Waals surface area contributed by atoms with Crippen LogP contribution < -0.4 is 0 Å². The number of nitrogens with zero attached hydrogens (tertiary/aromatic N) is 1. The number of hydrogen-bond donors (Lipinski definition) is 4. The molecule has 14 nitrogen and oxygen atoms in total. The topological polar surface area (TPSA) is 217 Å². The Morgan fingerprint density at radius 3 is 2.23 bits per heavy atom. The van der Waals surface area contributed by atoms with Gasteiger partial charge in [-0.2, -0.15) is 0 Å². The first-order valence-corrected chi connectivity index (χ1v) is 21.4. The Balaban J connectivity index is 0.00000620. The SMILES string of the molecule is C.C/C=C/C[C@@H]1/C=C(\C)C[C@H](C)C[C@H](OC)[C@H]2O[C@@](O)(C(=O)C(=O)N3CCCC[C@H]3C(=O)O[C@H](/C(C)=C/[C@@H]3CC[C@@H](O)[C@H](OC)C3)[C@H](C)[C@@H](O)CC1=N)[C@H](C)C[C@@H]2OC.O. The minimum atomic E-state index is -2.49. The van der Waals surface area contributed by atoms with Crippen LogP contribution in [0.1, 0.15) is 120 Å². The van der Waals surface area contributed by atoms with Crippen molar-refractivity contribution in [3.8, 4) is 0 Å². The maximum Gasteiger partial charge on any atom is 0.329 e. The molecule has 3 aliphatic heterocycles. The number of allylic oxidation sites excluding steroid dienone is 5. The number of aliphatic hydroxyl groups is 3. The second-order valence-corrected chi connectivity index (χ2v) is 17.6. The number of hydrogen-bond acceptors (Lipinski definition) is 12. The van der Waals surface area contributed by atoms with Gasteiger partial charge in [0.25, 0.3) is 11.7 Å². The average Bonchev–Trinajstić information content (AvgIpc) is 3.20. The van der Waals surface area contributed by atoms with Crippen LogP contribution in [0.2, 0.25) is 0 Å². The van der Waals surface area contributed by atoms with Crippen LogP contribution in [0.5, 0.6) is 0 Å². The summed E-state index contributed by atoms with van der Waals surface area (Å²) in [7, 11) is 4.67. The standard InChI is InChI=1S/C45H72N2O11.CH4.H2O/c1-10-11-14-32-20-26(2)19-27(3)21-38(55-8)41-39(56-9)23-29(5)45(53,58-41)42(50)43(51)47-18-13-12-15-34(47)44(52)57-40(30(6)36(49)25-33(32)46)28(4)22-31-16-17-35(48)37(24-31)54-7;;/h10-11,20,22,27,29-32,34-41,46,48-49,53H,12-19,21,23-25H2,1-9H3;1H4;1H2/b11-10+,26-20+,28-22+,46-33?;;/t27-,29+,30+,31-,32+,34-,35+,36-,37+,38-,39-,40+,41+,45+;;/m0../s1. The molecular weight excluding hydrogens is 773 g/mol. The molecular formula is C46H78N2O12. The summed E-state index contributed by atoms with van der Waals surface area (Å²) >= 11 is 0. The van der Waals surface area contributed by atoms with Gasteiger partial charge in [-0.3, -0.25) is 9.59 Å². The molecule has 14 heteroatoms. The van der Waals surface area contributed by atoms with Crippen molar-refractivity contribution in [2.75, 3.05) is 27.9 Å². The predicted molar refractivity (Wildman–Crippen MR) is 230 cm³/mol. The molecule has 344 valence electrons. The van der Waals surface area contributed by atoms with E-state index in [0.29, 0.717) is 62.7 Å². The van der Waals surface area contributed by atoms with E-state index in [1.165, 1.54) is 4.90 Å². The molecule has 3 fully saturated rings. The number of ether oxygens (including phenoxy) is 5. The second-order valence-electron chi connectivity index (χ2n) is 17.6. The van der Waals surface area contributed by atoms with Crippen molar-refractivity contribution in [2.24, 2.45) is 29.6 Å². The Bertz CT molecular complexity index is 1520. The Morgan fingerprint density at radius 1 is 0.950 bits per heavy atom. The number of amides is 1. The van der Waals surface area contributed by atoms with Gasteiger partial charge in [-0.15, -0.1) is 0 Å². The molecule has 0 aromatic rings. The highest BCUT2D eigenvalue weighted by molar-refractivity contribution is 6.39. The molecule has 0 aromatic carbocycles. The summed E-state index contributed by atoms with van der Waals surface area (Å²) < 4.78 is 29.9. The third kappa shape index (κ3) is 12.9. The summed E-state index contributed by atoms with van der Waals surface area (Å²) in [6, 6.07) is -1.11. The number of rotatable bonds is 7. The maximum absolute atomic E-state index is 14.4. The van der Waals surface area contributed by atoms with Crippen LogP contribution in [0.3, 0.4) is 0 Å². The molecule has 0 aromatic heterocycles. The number of nitrogens with one attached hydrogen (secondary N) is 1. The second kappa shape index (κ2) is 24.1. The van der Waals surface area contributed by atoms with Gasteiger partial charge in [0, 0.05) is 57.8 Å². The lowest BCUT2D eigenvalue weighted by molar-refractivity contribution is -0.302. The normalized spacial score (nSPS) is 39.3. The zero-order chi connectivity index (χ0) is 42.9. The molecule has 1 aliphatic carbocycles. The number of ketones is 1. The van der Waals surface area contributed by atoms with Crippen LogP contribution >= 0.6 is 0 Å². The maximum atomic E-state index is 14.4. The molecule has 6 N–H and O–H groups in total. The van der Waals surface area contributed by atoms with Crippen molar-refractivity contribution in [3.63, 3.8) is 0 Å². The number of cyclic esters (lactones) is 1. The van der Waals surface area contributed by atoms with Gasteiger partial charge in [0.2, 0.25) is 5.79 Å². The number of methoxy groups -OCH3 is 3. The highest BCUT2D eigenvalue weighted by Gasteiger charge is 2.56. The molecule has 0 spiro atoms. The smallest absolute Gasteiger partial charge is 0.329 e. The van der Waals surface area contributed by atoms with Crippen molar-refractivity contribution in [1.29, 1.82) is 5.41 Å². The summed E-state index contributed by atoms with van der Waals surface area (Å²) in [4.78, 5) is 44.1. The lowest BCUT2D eigenvalue weighted by Gasteiger charge is -2.47. The van der Waals surface area contributed by atoms with Crippen molar-refractivity contribution in [3.05, 3.63) is 35.5 Å². The summed E-state index contributed by atoms with van der Waals surface area (Å²) in [6.45, 7) is 11.4. The molecule has 1 saturated carbocycles. The van der Waals surface area contributed by atoms with Crippen LogP contribution in [0.25, 0.3) is 0 Å². The first kappa shape index (κ1) is 53.3. The fraction of sp³-hybridized carbons (Fsp3) is 0.783. The number of piperidine rings is 1. The molecule has 4 rings (SSSR count). The van der Waals surface area contributed by atoms with Crippen molar-refractivity contribution >= 4 is 23.4 Å². The van der Waals surface area contributed by atoms with Crippen LogP contribution in [0, 0.1) is 35.0 Å². The minimum absolute atomic E-state index is 0. The van der Waals surface area contributed by atoms with Gasteiger partial charge in [-0.05, 0) is 102 Å². The minimum Gasteiger partial charge on any atom is -0.456 e. The molecule has 60 heavy (non-hydrogen) atoms. The van der Waals surface area contributed by atoms with Gasteiger partial charge in [0.1, 0.15) is 18.2 Å². The van der Waals surface area contributed by atoms with E-state index in [9.17, 15) is 35.1 Å². The lowest BCUT2D eigenvalue weighted by Crippen LogP contribution is -2.64. The van der Waals surface area contributed by atoms with E-state index in [1.54, 1.807) is 35.2 Å². The lowest BCUT2D eigenvalue weighted by atomic mass is 9.81. The number of fused-ring (bicyclic) bond motifs is 3. The molecule has 1 amide bonds. The Morgan fingerprint density at radius 2 is 1.60 bits per heavy atom. The van der Waals surface area contributed by atoms with Gasteiger partial charge in [0.15, 0.2) is 0 Å². The van der Waals surface area contributed by atoms with Crippen molar-refractivity contribution in [1.82, 2.24) is 4.90 Å². The Hall–Kier alpha value is -2.82. The molecule has 2 saturated heterocycles. The van der Waals surface area contributed by atoms with Gasteiger partial charge >= 0.3 is 5.97 Å². The monoisotopic (exact) mass is 851 g/mol. The third-order valence-corrected chi connectivity index (χ3v) is 13.1. The van der Waals surface area contributed by atoms with Gasteiger partial charge in [-0.1, -0.05) is 58.1 Å². The fourth-order valence-electron chi connectivity index (χ4n) is 9.57.